The summed E-state index contributed by atoms with van der Waals surface area (Å²) in [5, 5.41) is 0.954. The summed E-state index contributed by atoms with van der Waals surface area (Å²) >= 11 is 0.707. The van der Waals surface area contributed by atoms with Crippen molar-refractivity contribution < 1.29 is 22.8 Å². The predicted molar refractivity (Wildman–Crippen MR) is 43.2 cm³/mol. The first-order valence-electron chi connectivity index (χ1n) is 3.32. The minimum absolute atomic E-state index is 0.0717. The molecule has 1 heterocycles. The Balaban J connectivity index is 2.99. The number of hydrogen-bond acceptors (Lipinski definition) is 3. The Hall–Kier alpha value is -1.37. The van der Waals surface area contributed by atoms with Crippen molar-refractivity contribution >= 4 is 23.0 Å². The number of primary amides is 1. The van der Waals surface area contributed by atoms with E-state index in [1.807, 2.05) is 0 Å². The normalized spacial score (nSPS) is 11.4. The molecule has 0 unspecified atom stereocenters. The van der Waals surface area contributed by atoms with E-state index >= 15 is 0 Å². The van der Waals surface area contributed by atoms with E-state index in [0.717, 1.165) is 11.4 Å². The third-order valence-corrected chi connectivity index (χ3v) is 2.31. The molecule has 0 spiro atoms. The van der Waals surface area contributed by atoms with Crippen LogP contribution in [-0.4, -0.2) is 17.9 Å². The van der Waals surface area contributed by atoms with Crippen LogP contribution in [0.3, 0.4) is 0 Å². The van der Waals surface area contributed by atoms with Crippen molar-refractivity contribution in [3.63, 3.8) is 0 Å². The molecule has 0 saturated heterocycles. The molecule has 1 aromatic heterocycles. The molecule has 3 nitrogen and oxygen atoms in total. The number of rotatable bonds is 2. The van der Waals surface area contributed by atoms with Crippen LogP contribution in [0.5, 0.6) is 0 Å². The summed E-state index contributed by atoms with van der Waals surface area (Å²) in [6, 6.07) is 0.836. The molecule has 14 heavy (non-hydrogen) atoms. The van der Waals surface area contributed by atoms with E-state index in [1.165, 1.54) is 0 Å². The summed E-state index contributed by atoms with van der Waals surface area (Å²) < 4.78 is 35.7. The number of ketones is 1. The minimum Gasteiger partial charge on any atom is -0.365 e. The van der Waals surface area contributed by atoms with Crippen LogP contribution in [0.1, 0.15) is 20.0 Å². The summed E-state index contributed by atoms with van der Waals surface area (Å²) in [6.45, 7) is 0. The number of carbonyl (C=O) groups is 2. The van der Waals surface area contributed by atoms with Gasteiger partial charge in [0, 0.05) is 10.9 Å². The van der Waals surface area contributed by atoms with Crippen molar-refractivity contribution in [1.82, 2.24) is 0 Å². The third kappa shape index (κ3) is 2.11. The lowest BCUT2D eigenvalue weighted by molar-refractivity contribution is -0.0884. The number of amides is 1. The molecule has 0 aliphatic rings. The fourth-order valence-electron chi connectivity index (χ4n) is 0.748. The van der Waals surface area contributed by atoms with Crippen LogP contribution in [0.2, 0.25) is 0 Å². The van der Waals surface area contributed by atoms with Gasteiger partial charge in [0.15, 0.2) is 0 Å². The van der Waals surface area contributed by atoms with Crippen LogP contribution >= 0.6 is 11.3 Å². The summed E-state index contributed by atoms with van der Waals surface area (Å²) in [5.74, 6) is -2.82. The summed E-state index contributed by atoms with van der Waals surface area (Å²) in [6.07, 6.45) is -4.92. The van der Waals surface area contributed by atoms with Crippen LogP contribution in [0, 0.1) is 0 Å². The third-order valence-electron chi connectivity index (χ3n) is 1.36. The number of hydrogen-bond donors (Lipinski definition) is 1. The van der Waals surface area contributed by atoms with E-state index in [-0.39, 0.29) is 4.88 Å². The second-order valence-corrected chi connectivity index (χ2v) is 3.30. The fourth-order valence-corrected chi connectivity index (χ4v) is 1.49. The van der Waals surface area contributed by atoms with Gasteiger partial charge in [-0.25, -0.2) is 0 Å². The summed E-state index contributed by atoms with van der Waals surface area (Å²) in [7, 11) is 0. The maximum Gasteiger partial charge on any atom is 0.454 e. The zero-order valence-corrected chi connectivity index (χ0v) is 7.41. The highest BCUT2D eigenvalue weighted by atomic mass is 32.1. The molecule has 0 saturated carbocycles. The molecular weight excluding hydrogens is 219 g/mol. The number of Topliss-reactive ketones (excluding diaryl/α,β-unsaturated/α-hetero) is 1. The maximum atomic E-state index is 11.9. The van der Waals surface area contributed by atoms with E-state index < -0.39 is 23.4 Å². The van der Waals surface area contributed by atoms with Gasteiger partial charge in [0.2, 0.25) is 0 Å². The lowest BCUT2D eigenvalue weighted by atomic mass is 10.2. The molecular formula is C7H4F3NO2S. The molecule has 0 aliphatic heterocycles. The highest BCUT2D eigenvalue weighted by Crippen LogP contribution is 2.24. The van der Waals surface area contributed by atoms with Crippen molar-refractivity contribution in [2.75, 3.05) is 0 Å². The van der Waals surface area contributed by atoms with E-state index in [0.29, 0.717) is 11.3 Å². The van der Waals surface area contributed by atoms with Crippen molar-refractivity contribution in [2.45, 2.75) is 6.18 Å². The highest BCUT2D eigenvalue weighted by Gasteiger charge is 2.39. The smallest absolute Gasteiger partial charge is 0.365 e. The second-order valence-electron chi connectivity index (χ2n) is 2.39. The van der Waals surface area contributed by atoms with Gasteiger partial charge in [0.1, 0.15) is 0 Å². The maximum absolute atomic E-state index is 11.9. The summed E-state index contributed by atoms with van der Waals surface area (Å²) in [4.78, 5) is 21.1. The zero-order chi connectivity index (χ0) is 10.9. The van der Waals surface area contributed by atoms with Gasteiger partial charge in [-0.1, -0.05) is 0 Å². The van der Waals surface area contributed by atoms with Crippen LogP contribution in [0.4, 0.5) is 13.2 Å². The number of alkyl halides is 3. The largest absolute Gasteiger partial charge is 0.454 e. The summed E-state index contributed by atoms with van der Waals surface area (Å²) in [5.41, 5.74) is 4.26. The minimum atomic E-state index is -4.92. The molecule has 7 heteroatoms. The standard InChI is InChI=1S/C7H4F3NO2S/c8-7(9,10)5(12)3-1-4(6(11)13)14-2-3/h1-2H,(H2,11,13). The number of halogens is 3. The molecule has 1 amide bonds. The van der Waals surface area contributed by atoms with Gasteiger partial charge in [-0.05, 0) is 6.07 Å². The Morgan fingerprint density at radius 3 is 2.29 bits per heavy atom. The molecule has 0 aromatic carbocycles. The molecule has 76 valence electrons. The SMILES string of the molecule is NC(=O)c1cc(C(=O)C(F)(F)F)cs1. The van der Waals surface area contributed by atoms with Crippen LogP contribution in [-0.2, 0) is 0 Å². The first-order valence-corrected chi connectivity index (χ1v) is 4.20. The van der Waals surface area contributed by atoms with Gasteiger partial charge < -0.3 is 5.73 Å². The lowest BCUT2D eigenvalue weighted by Crippen LogP contribution is -2.22. The van der Waals surface area contributed by atoms with Gasteiger partial charge in [-0.2, -0.15) is 13.2 Å². The molecule has 1 rings (SSSR count). The second kappa shape index (κ2) is 3.41. The number of thiophene rings is 1. The zero-order valence-electron chi connectivity index (χ0n) is 6.59. The lowest BCUT2D eigenvalue weighted by Gasteiger charge is -2.01. The number of carbonyl (C=O) groups excluding carboxylic acids is 2. The predicted octanol–water partition coefficient (Wildman–Crippen LogP) is 1.59. The number of nitrogens with two attached hydrogens (primary N) is 1. The Kier molecular flexibility index (Phi) is 2.61. The van der Waals surface area contributed by atoms with Crippen molar-refractivity contribution in [3.8, 4) is 0 Å². The van der Waals surface area contributed by atoms with Gasteiger partial charge in [0.05, 0.1) is 4.88 Å². The average molecular weight is 223 g/mol. The molecule has 0 fully saturated rings. The van der Waals surface area contributed by atoms with E-state index in [1.54, 1.807) is 0 Å². The average Bonchev–Trinajstić information content (AvgIpc) is 2.48. The Morgan fingerprint density at radius 1 is 1.36 bits per heavy atom. The van der Waals surface area contributed by atoms with Crippen molar-refractivity contribution in [3.05, 3.63) is 21.9 Å². The van der Waals surface area contributed by atoms with Crippen molar-refractivity contribution in [1.29, 1.82) is 0 Å². The van der Waals surface area contributed by atoms with Crippen molar-refractivity contribution in [2.24, 2.45) is 5.73 Å². The quantitative estimate of drug-likeness (QED) is 0.774. The van der Waals surface area contributed by atoms with Crippen LogP contribution in [0.25, 0.3) is 0 Å². The van der Waals surface area contributed by atoms with Gasteiger partial charge in [-0.3, -0.25) is 9.59 Å². The molecule has 0 atom stereocenters. The van der Waals surface area contributed by atoms with E-state index in [2.05, 4.69) is 0 Å². The highest BCUT2D eigenvalue weighted by molar-refractivity contribution is 7.12. The monoisotopic (exact) mass is 223 g/mol. The molecule has 2 N–H and O–H groups in total. The van der Waals surface area contributed by atoms with Gasteiger partial charge >= 0.3 is 6.18 Å². The Bertz CT molecular complexity index is 383. The Labute approximate surface area is 80.3 Å². The molecule has 1 aromatic rings. The van der Waals surface area contributed by atoms with Crippen LogP contribution in [0.15, 0.2) is 11.4 Å². The molecule has 0 radical (unpaired) electrons. The Morgan fingerprint density at radius 2 is 1.93 bits per heavy atom. The fraction of sp³-hybridized carbons (Fsp3) is 0.143. The topological polar surface area (TPSA) is 60.2 Å². The first-order chi connectivity index (χ1) is 6.32. The molecule has 0 bridgehead atoms. The van der Waals surface area contributed by atoms with E-state index in [4.69, 9.17) is 5.73 Å². The first kappa shape index (κ1) is 10.7. The van der Waals surface area contributed by atoms with Gasteiger partial charge in [-0.15, -0.1) is 11.3 Å². The van der Waals surface area contributed by atoms with E-state index in [9.17, 15) is 22.8 Å². The molecule has 0 aliphatic carbocycles. The van der Waals surface area contributed by atoms with Crippen LogP contribution < -0.4 is 5.73 Å². The van der Waals surface area contributed by atoms with Gasteiger partial charge in [0.25, 0.3) is 11.7 Å².